The summed E-state index contributed by atoms with van der Waals surface area (Å²) in [5.74, 6) is -0.431. The van der Waals surface area contributed by atoms with Crippen molar-refractivity contribution in [2.75, 3.05) is 6.61 Å². The number of carbonyl (C=O) groups is 2. The van der Waals surface area contributed by atoms with Crippen molar-refractivity contribution in [3.8, 4) is 0 Å². The van der Waals surface area contributed by atoms with Gasteiger partial charge in [-0.3, -0.25) is 4.79 Å². The summed E-state index contributed by atoms with van der Waals surface area (Å²) in [5.41, 5.74) is 3.31. The number of ketones is 1. The molecule has 156 valence electrons. The van der Waals surface area contributed by atoms with Crippen LogP contribution in [-0.4, -0.2) is 30.1 Å². The zero-order chi connectivity index (χ0) is 20.7. The third kappa shape index (κ3) is 6.44. The summed E-state index contributed by atoms with van der Waals surface area (Å²) in [7, 11) is 0. The Morgan fingerprint density at radius 1 is 1.25 bits per heavy atom. The van der Waals surface area contributed by atoms with Crippen LogP contribution in [-0.2, 0) is 19.1 Å². The minimum Gasteiger partial charge on any atom is -0.462 e. The third-order valence-electron chi connectivity index (χ3n) is 5.90. The monoisotopic (exact) mass is 388 g/mol. The lowest BCUT2D eigenvalue weighted by Gasteiger charge is -2.12. The Labute approximate surface area is 170 Å². The summed E-state index contributed by atoms with van der Waals surface area (Å²) in [6, 6.07) is 0. The van der Waals surface area contributed by atoms with Gasteiger partial charge in [-0.15, -0.1) is 0 Å². The first-order chi connectivity index (χ1) is 13.3. The first-order valence-corrected chi connectivity index (χ1v) is 10.7. The summed E-state index contributed by atoms with van der Waals surface area (Å²) >= 11 is 0. The van der Waals surface area contributed by atoms with Gasteiger partial charge in [0.05, 0.1) is 18.3 Å². The molecule has 4 nitrogen and oxygen atoms in total. The van der Waals surface area contributed by atoms with Crippen LogP contribution in [0.2, 0.25) is 0 Å². The average molecular weight is 389 g/mol. The maximum absolute atomic E-state index is 12.9. The fourth-order valence-electron chi connectivity index (χ4n) is 3.68. The molecule has 0 unspecified atom stereocenters. The lowest BCUT2D eigenvalue weighted by atomic mass is 9.92. The Balaban J connectivity index is 2.20. The molecule has 1 saturated heterocycles. The van der Waals surface area contributed by atoms with Gasteiger partial charge in [0.1, 0.15) is 0 Å². The van der Waals surface area contributed by atoms with Crippen molar-refractivity contribution < 1.29 is 19.1 Å². The Kier molecular flexibility index (Phi) is 8.23. The van der Waals surface area contributed by atoms with Gasteiger partial charge in [-0.05, 0) is 78.7 Å². The van der Waals surface area contributed by atoms with E-state index >= 15 is 0 Å². The highest BCUT2D eigenvalue weighted by atomic mass is 16.6. The van der Waals surface area contributed by atoms with Crippen molar-refractivity contribution in [2.24, 2.45) is 0 Å². The second kappa shape index (κ2) is 10.2. The number of allylic oxidation sites excluding steroid dienone is 5. The van der Waals surface area contributed by atoms with Gasteiger partial charge in [0.15, 0.2) is 5.78 Å². The van der Waals surface area contributed by atoms with Crippen LogP contribution in [0.25, 0.3) is 0 Å². The molecule has 0 saturated carbocycles. The Morgan fingerprint density at radius 3 is 2.71 bits per heavy atom. The predicted molar refractivity (Wildman–Crippen MR) is 112 cm³/mol. The van der Waals surface area contributed by atoms with E-state index < -0.39 is 0 Å². The number of unbranched alkanes of at least 4 members (excludes halogenated alkanes) is 1. The Hall–Kier alpha value is -1.68. The minimum atomic E-state index is -0.368. The fourth-order valence-corrected chi connectivity index (χ4v) is 3.68. The molecule has 1 heterocycles. The van der Waals surface area contributed by atoms with E-state index in [0.29, 0.717) is 24.2 Å². The summed E-state index contributed by atoms with van der Waals surface area (Å²) in [6.07, 6.45) is 11.2. The molecule has 0 spiro atoms. The summed E-state index contributed by atoms with van der Waals surface area (Å²) < 4.78 is 11.3. The molecular weight excluding hydrogens is 352 g/mol. The molecule has 0 aromatic carbocycles. The number of ether oxygens (including phenoxy) is 2. The molecule has 1 aliphatic carbocycles. The van der Waals surface area contributed by atoms with Gasteiger partial charge in [0, 0.05) is 11.1 Å². The SMILES string of the molecule is CCCCOC(=O)/C(C)=C1/CC/C(C)=C/CC[C@@]2(C)O[C@@H]2CC/C(C)=C/C1=O. The van der Waals surface area contributed by atoms with Gasteiger partial charge in [-0.25, -0.2) is 4.79 Å². The molecule has 0 aromatic rings. The first-order valence-electron chi connectivity index (χ1n) is 10.7. The second-order valence-corrected chi connectivity index (χ2v) is 8.49. The van der Waals surface area contributed by atoms with Gasteiger partial charge in [-0.2, -0.15) is 0 Å². The minimum absolute atomic E-state index is 0.00488. The van der Waals surface area contributed by atoms with E-state index in [0.717, 1.165) is 50.5 Å². The lowest BCUT2D eigenvalue weighted by molar-refractivity contribution is -0.139. The van der Waals surface area contributed by atoms with E-state index in [2.05, 4.69) is 26.8 Å². The number of hydrogen-bond acceptors (Lipinski definition) is 4. The highest BCUT2D eigenvalue weighted by molar-refractivity contribution is 6.09. The van der Waals surface area contributed by atoms with Crippen molar-refractivity contribution in [1.82, 2.24) is 0 Å². The fraction of sp³-hybridized carbons (Fsp3) is 0.667. The largest absolute Gasteiger partial charge is 0.462 e. The number of epoxide rings is 1. The summed E-state index contributed by atoms with van der Waals surface area (Å²) in [6.45, 7) is 10.4. The van der Waals surface area contributed by atoms with Crippen LogP contribution in [0, 0.1) is 0 Å². The predicted octanol–water partition coefficient (Wildman–Crippen LogP) is 5.62. The van der Waals surface area contributed by atoms with Crippen molar-refractivity contribution >= 4 is 11.8 Å². The molecule has 2 aliphatic rings. The van der Waals surface area contributed by atoms with Crippen LogP contribution in [0.3, 0.4) is 0 Å². The standard InChI is InChI=1S/C24H36O4/c1-6-7-15-27-23(26)19(4)20-12-10-17(2)9-8-14-24(5)22(28-24)13-11-18(3)16-21(20)25/h9,16,22H,6-8,10-15H2,1-5H3/b17-9+,18-16+,20-19-/t22-,24-/m1/s1. The van der Waals surface area contributed by atoms with E-state index in [1.165, 1.54) is 5.57 Å². The van der Waals surface area contributed by atoms with E-state index in [-0.39, 0.29) is 23.5 Å². The zero-order valence-corrected chi connectivity index (χ0v) is 18.2. The van der Waals surface area contributed by atoms with Crippen molar-refractivity contribution in [2.45, 2.75) is 97.7 Å². The van der Waals surface area contributed by atoms with Gasteiger partial charge in [0.25, 0.3) is 0 Å². The molecule has 0 aromatic heterocycles. The molecule has 28 heavy (non-hydrogen) atoms. The molecule has 2 atom stereocenters. The second-order valence-electron chi connectivity index (χ2n) is 8.49. The Morgan fingerprint density at radius 2 is 2.00 bits per heavy atom. The van der Waals surface area contributed by atoms with Crippen LogP contribution < -0.4 is 0 Å². The van der Waals surface area contributed by atoms with Gasteiger partial charge >= 0.3 is 5.97 Å². The van der Waals surface area contributed by atoms with E-state index in [9.17, 15) is 9.59 Å². The van der Waals surface area contributed by atoms with Crippen LogP contribution >= 0.6 is 0 Å². The van der Waals surface area contributed by atoms with E-state index in [4.69, 9.17) is 9.47 Å². The van der Waals surface area contributed by atoms with Crippen LogP contribution in [0.15, 0.2) is 34.4 Å². The normalized spacial score (nSPS) is 32.2. The lowest BCUT2D eigenvalue weighted by Crippen LogP contribution is -2.14. The van der Waals surface area contributed by atoms with Crippen LogP contribution in [0.4, 0.5) is 0 Å². The van der Waals surface area contributed by atoms with E-state index in [1.54, 1.807) is 13.0 Å². The number of rotatable bonds is 4. The molecule has 0 amide bonds. The number of esters is 1. The van der Waals surface area contributed by atoms with Crippen molar-refractivity contribution in [1.29, 1.82) is 0 Å². The maximum Gasteiger partial charge on any atom is 0.334 e. The average Bonchev–Trinajstić information content (AvgIpc) is 3.29. The molecule has 0 N–H and O–H groups in total. The number of hydrogen-bond donors (Lipinski definition) is 0. The van der Waals surface area contributed by atoms with Crippen molar-refractivity contribution in [3.05, 3.63) is 34.4 Å². The summed E-state index contributed by atoms with van der Waals surface area (Å²) in [4.78, 5) is 25.3. The molecule has 0 radical (unpaired) electrons. The van der Waals surface area contributed by atoms with Gasteiger partial charge in [0.2, 0.25) is 0 Å². The quantitative estimate of drug-likeness (QED) is 0.206. The van der Waals surface area contributed by atoms with Gasteiger partial charge < -0.3 is 9.47 Å². The van der Waals surface area contributed by atoms with E-state index in [1.807, 2.05) is 6.92 Å². The Bertz CT molecular complexity index is 683. The smallest absolute Gasteiger partial charge is 0.334 e. The molecular formula is C24H36O4. The highest BCUT2D eigenvalue weighted by Gasteiger charge is 2.50. The number of fused-ring (bicyclic) bond motifs is 1. The molecule has 1 fully saturated rings. The molecule has 1 aliphatic heterocycles. The summed E-state index contributed by atoms with van der Waals surface area (Å²) in [5, 5.41) is 0. The number of carbonyl (C=O) groups excluding carboxylic acids is 2. The highest BCUT2D eigenvalue weighted by Crippen LogP contribution is 2.43. The van der Waals surface area contributed by atoms with Crippen LogP contribution in [0.1, 0.15) is 86.0 Å². The molecule has 2 rings (SSSR count). The van der Waals surface area contributed by atoms with Crippen molar-refractivity contribution in [3.63, 3.8) is 0 Å². The van der Waals surface area contributed by atoms with Gasteiger partial charge in [-0.1, -0.05) is 30.6 Å². The topological polar surface area (TPSA) is 55.9 Å². The zero-order valence-electron chi connectivity index (χ0n) is 18.2. The molecule has 4 heteroatoms. The third-order valence-corrected chi connectivity index (χ3v) is 5.90. The first kappa shape index (κ1) is 22.6. The van der Waals surface area contributed by atoms with Crippen LogP contribution in [0.5, 0.6) is 0 Å². The molecule has 0 bridgehead atoms. The maximum atomic E-state index is 12.9.